The molecule has 2 atom stereocenters. The minimum atomic E-state index is -0.237. The molecule has 21 heavy (non-hydrogen) atoms. The van der Waals surface area contributed by atoms with Gasteiger partial charge in [-0.3, -0.25) is 4.98 Å². The third-order valence-electron chi connectivity index (χ3n) is 4.11. The van der Waals surface area contributed by atoms with Crippen molar-refractivity contribution in [2.24, 2.45) is 5.92 Å². The van der Waals surface area contributed by atoms with E-state index in [9.17, 15) is 5.11 Å². The van der Waals surface area contributed by atoms with E-state index in [-0.39, 0.29) is 12.0 Å². The van der Waals surface area contributed by atoms with Gasteiger partial charge >= 0.3 is 0 Å². The van der Waals surface area contributed by atoms with Crippen molar-refractivity contribution in [2.75, 3.05) is 0 Å². The van der Waals surface area contributed by atoms with Crippen LogP contribution < -0.4 is 0 Å². The lowest BCUT2D eigenvalue weighted by molar-refractivity contribution is 0.0657. The normalized spacial score (nSPS) is 22.4. The molecule has 1 aliphatic rings. The summed E-state index contributed by atoms with van der Waals surface area (Å²) in [5, 5.41) is 14.1. The Bertz CT molecular complexity index is 603. The Morgan fingerprint density at radius 3 is 2.57 bits per heavy atom. The number of hydrogen-bond acceptors (Lipinski definition) is 5. The van der Waals surface area contributed by atoms with Crippen molar-refractivity contribution >= 4 is 0 Å². The van der Waals surface area contributed by atoms with Gasteiger partial charge in [-0.25, -0.2) is 0 Å². The fraction of sp³-hybridized carbons (Fsp3) is 0.562. The van der Waals surface area contributed by atoms with Gasteiger partial charge in [-0.2, -0.15) is 4.98 Å². The van der Waals surface area contributed by atoms with Crippen LogP contribution in [0.2, 0.25) is 0 Å². The molecule has 2 unspecified atom stereocenters. The van der Waals surface area contributed by atoms with Crippen LogP contribution in [0.1, 0.15) is 43.0 Å². The predicted molar refractivity (Wildman–Crippen MR) is 78.7 cm³/mol. The number of aliphatic hydroxyl groups is 1. The molecule has 3 rings (SSSR count). The fourth-order valence-corrected chi connectivity index (χ4v) is 3.07. The summed E-state index contributed by atoms with van der Waals surface area (Å²) in [5.74, 6) is 1.46. The average molecular weight is 287 g/mol. The quantitative estimate of drug-likeness (QED) is 0.939. The number of aryl methyl sites for hydroxylation is 2. The van der Waals surface area contributed by atoms with Crippen LogP contribution in [0.4, 0.5) is 0 Å². The number of hydrogen-bond donors (Lipinski definition) is 1. The molecule has 1 fully saturated rings. The molecule has 0 amide bonds. The zero-order chi connectivity index (χ0) is 14.8. The minimum Gasteiger partial charge on any atom is -0.393 e. The smallest absolute Gasteiger partial charge is 0.227 e. The molecule has 1 saturated carbocycles. The molecular formula is C16H21N3O2. The fourth-order valence-electron chi connectivity index (χ4n) is 3.07. The molecule has 0 saturated heterocycles. The second-order valence-corrected chi connectivity index (χ2v) is 5.97. The Morgan fingerprint density at radius 1 is 1.14 bits per heavy atom. The SMILES string of the molecule is Cc1cc(-c2noc(CC3CCCCC3O)n2)cc(C)n1. The molecule has 5 nitrogen and oxygen atoms in total. The van der Waals surface area contributed by atoms with E-state index in [1.807, 2.05) is 26.0 Å². The van der Waals surface area contributed by atoms with E-state index in [2.05, 4.69) is 15.1 Å². The molecule has 0 aliphatic heterocycles. The van der Waals surface area contributed by atoms with Gasteiger partial charge in [0.15, 0.2) is 0 Å². The lowest BCUT2D eigenvalue weighted by atomic mass is 9.84. The van der Waals surface area contributed by atoms with E-state index >= 15 is 0 Å². The Hall–Kier alpha value is -1.75. The van der Waals surface area contributed by atoms with Crippen molar-refractivity contribution in [3.63, 3.8) is 0 Å². The van der Waals surface area contributed by atoms with Gasteiger partial charge in [0.2, 0.25) is 11.7 Å². The second kappa shape index (κ2) is 5.93. The Balaban J connectivity index is 1.76. The first-order valence-corrected chi connectivity index (χ1v) is 7.58. The molecule has 2 heterocycles. The largest absolute Gasteiger partial charge is 0.393 e. The maximum absolute atomic E-state index is 10.0. The van der Waals surface area contributed by atoms with E-state index in [1.54, 1.807) is 0 Å². The summed E-state index contributed by atoms with van der Waals surface area (Å²) in [5.41, 5.74) is 2.82. The van der Waals surface area contributed by atoms with Gasteiger partial charge in [0, 0.05) is 23.4 Å². The van der Waals surface area contributed by atoms with Crippen molar-refractivity contribution < 1.29 is 9.63 Å². The molecule has 0 spiro atoms. The van der Waals surface area contributed by atoms with E-state index in [0.29, 0.717) is 18.1 Å². The number of nitrogens with zero attached hydrogens (tertiary/aromatic N) is 3. The zero-order valence-corrected chi connectivity index (χ0v) is 12.5. The van der Waals surface area contributed by atoms with Crippen molar-refractivity contribution in [3.05, 3.63) is 29.4 Å². The molecule has 0 bridgehead atoms. The second-order valence-electron chi connectivity index (χ2n) is 5.97. The molecule has 0 aromatic carbocycles. The van der Waals surface area contributed by atoms with Crippen LogP contribution >= 0.6 is 0 Å². The molecule has 2 aromatic rings. The zero-order valence-electron chi connectivity index (χ0n) is 12.5. The highest BCUT2D eigenvalue weighted by Crippen LogP contribution is 2.27. The molecule has 112 valence electrons. The summed E-state index contributed by atoms with van der Waals surface area (Å²) >= 11 is 0. The lowest BCUT2D eigenvalue weighted by Crippen LogP contribution is -2.26. The van der Waals surface area contributed by atoms with Gasteiger partial charge in [0.25, 0.3) is 0 Å². The molecule has 2 aromatic heterocycles. The first kappa shape index (κ1) is 14.2. The summed E-state index contributed by atoms with van der Waals surface area (Å²) in [6, 6.07) is 3.91. The number of rotatable bonds is 3. The summed E-state index contributed by atoms with van der Waals surface area (Å²) in [4.78, 5) is 8.83. The van der Waals surface area contributed by atoms with Crippen molar-refractivity contribution in [2.45, 2.75) is 52.1 Å². The van der Waals surface area contributed by atoms with Crippen LogP contribution in [-0.2, 0) is 6.42 Å². The van der Waals surface area contributed by atoms with Crippen molar-refractivity contribution in [3.8, 4) is 11.4 Å². The highest BCUT2D eigenvalue weighted by Gasteiger charge is 2.25. The molecule has 1 N–H and O–H groups in total. The molecule has 1 aliphatic carbocycles. The highest BCUT2D eigenvalue weighted by molar-refractivity contribution is 5.55. The molecule has 5 heteroatoms. The van der Waals surface area contributed by atoms with Crippen molar-refractivity contribution in [1.29, 1.82) is 0 Å². The van der Waals surface area contributed by atoms with Gasteiger partial charge in [-0.1, -0.05) is 18.0 Å². The van der Waals surface area contributed by atoms with Gasteiger partial charge in [0.1, 0.15) is 0 Å². The third-order valence-corrected chi connectivity index (χ3v) is 4.11. The van der Waals surface area contributed by atoms with E-state index in [0.717, 1.165) is 36.2 Å². The molecular weight excluding hydrogens is 266 g/mol. The maximum Gasteiger partial charge on any atom is 0.227 e. The summed E-state index contributed by atoms with van der Waals surface area (Å²) < 4.78 is 5.36. The van der Waals surface area contributed by atoms with Crippen LogP contribution in [-0.4, -0.2) is 26.3 Å². The predicted octanol–water partition coefficient (Wildman–Crippen LogP) is 2.84. The Labute approximate surface area is 124 Å². The highest BCUT2D eigenvalue weighted by atomic mass is 16.5. The van der Waals surface area contributed by atoms with Gasteiger partial charge < -0.3 is 9.63 Å². The Morgan fingerprint density at radius 2 is 1.86 bits per heavy atom. The van der Waals surface area contributed by atoms with E-state index in [4.69, 9.17) is 4.52 Å². The summed E-state index contributed by atoms with van der Waals surface area (Å²) in [6.45, 7) is 3.91. The first-order chi connectivity index (χ1) is 10.1. The van der Waals surface area contributed by atoms with Crippen LogP contribution in [0.3, 0.4) is 0 Å². The van der Waals surface area contributed by atoms with Crippen LogP contribution in [0.15, 0.2) is 16.7 Å². The summed E-state index contributed by atoms with van der Waals surface area (Å²) in [6.07, 6.45) is 4.63. The summed E-state index contributed by atoms with van der Waals surface area (Å²) in [7, 11) is 0. The standard InChI is InChI=1S/C16H21N3O2/c1-10-7-13(8-11(2)17-10)16-18-15(21-19-16)9-12-5-3-4-6-14(12)20/h7-8,12,14,20H,3-6,9H2,1-2H3. The first-order valence-electron chi connectivity index (χ1n) is 7.58. The lowest BCUT2D eigenvalue weighted by Gasteiger charge is -2.26. The third kappa shape index (κ3) is 3.29. The van der Waals surface area contributed by atoms with E-state index in [1.165, 1.54) is 6.42 Å². The number of aromatic nitrogens is 3. The number of pyridine rings is 1. The van der Waals surface area contributed by atoms with Gasteiger partial charge in [0.05, 0.1) is 6.10 Å². The van der Waals surface area contributed by atoms with Crippen LogP contribution in [0, 0.1) is 19.8 Å². The van der Waals surface area contributed by atoms with Crippen molar-refractivity contribution in [1.82, 2.24) is 15.1 Å². The topological polar surface area (TPSA) is 72.0 Å². The van der Waals surface area contributed by atoms with Gasteiger partial charge in [-0.15, -0.1) is 0 Å². The number of aliphatic hydroxyl groups excluding tert-OH is 1. The van der Waals surface area contributed by atoms with Gasteiger partial charge in [-0.05, 0) is 44.7 Å². The maximum atomic E-state index is 10.0. The average Bonchev–Trinajstić information content (AvgIpc) is 2.89. The molecule has 0 radical (unpaired) electrons. The monoisotopic (exact) mass is 287 g/mol. The van der Waals surface area contributed by atoms with Crippen LogP contribution in [0.25, 0.3) is 11.4 Å². The van der Waals surface area contributed by atoms with E-state index < -0.39 is 0 Å². The van der Waals surface area contributed by atoms with Crippen LogP contribution in [0.5, 0.6) is 0 Å². The minimum absolute atomic E-state index is 0.237. The Kier molecular flexibility index (Phi) is 4.01.